The van der Waals surface area contributed by atoms with E-state index in [2.05, 4.69) is 4.98 Å². The summed E-state index contributed by atoms with van der Waals surface area (Å²) in [7, 11) is 0. The summed E-state index contributed by atoms with van der Waals surface area (Å²) >= 11 is 6.03. The standard InChI is InChI=1S/C13H15ClN2O/c14-13-9-16-6-5-10(13)8-11(15)3-4-12-2-1-7-17-12/h1-2,5-7,9,11H,3-4,8,15H2. The second kappa shape index (κ2) is 5.84. The lowest BCUT2D eigenvalue weighted by Gasteiger charge is -2.11. The van der Waals surface area contributed by atoms with Crippen molar-refractivity contribution in [1.29, 1.82) is 0 Å². The van der Waals surface area contributed by atoms with Crippen molar-refractivity contribution in [1.82, 2.24) is 4.98 Å². The zero-order valence-corrected chi connectivity index (χ0v) is 10.2. The number of rotatable bonds is 5. The molecule has 0 saturated carbocycles. The minimum absolute atomic E-state index is 0.0833. The first-order valence-corrected chi connectivity index (χ1v) is 6.00. The molecule has 0 bridgehead atoms. The van der Waals surface area contributed by atoms with Gasteiger partial charge in [0, 0.05) is 24.9 Å². The number of halogens is 1. The molecule has 17 heavy (non-hydrogen) atoms. The van der Waals surface area contributed by atoms with E-state index in [4.69, 9.17) is 21.8 Å². The van der Waals surface area contributed by atoms with E-state index in [1.54, 1.807) is 18.7 Å². The van der Waals surface area contributed by atoms with Gasteiger partial charge in [0.05, 0.1) is 11.3 Å². The molecule has 0 amide bonds. The largest absolute Gasteiger partial charge is 0.469 e. The van der Waals surface area contributed by atoms with Crippen molar-refractivity contribution in [3.05, 3.63) is 53.2 Å². The quantitative estimate of drug-likeness (QED) is 0.888. The summed E-state index contributed by atoms with van der Waals surface area (Å²) in [6.07, 6.45) is 7.57. The molecule has 2 N–H and O–H groups in total. The van der Waals surface area contributed by atoms with Gasteiger partial charge in [0.2, 0.25) is 0 Å². The summed E-state index contributed by atoms with van der Waals surface area (Å²) in [6.45, 7) is 0. The Morgan fingerprint density at radius 1 is 1.41 bits per heavy atom. The predicted octanol–water partition coefficient (Wildman–Crippen LogP) is 2.83. The number of hydrogen-bond acceptors (Lipinski definition) is 3. The molecular weight excluding hydrogens is 236 g/mol. The number of aromatic nitrogens is 1. The molecule has 4 heteroatoms. The van der Waals surface area contributed by atoms with Crippen LogP contribution in [0.2, 0.25) is 5.02 Å². The maximum absolute atomic E-state index is 6.07. The molecule has 1 unspecified atom stereocenters. The third kappa shape index (κ3) is 3.58. The maximum Gasteiger partial charge on any atom is 0.103 e. The molecule has 0 aliphatic heterocycles. The summed E-state index contributed by atoms with van der Waals surface area (Å²) in [5, 5.41) is 0.681. The second-order valence-electron chi connectivity index (χ2n) is 4.05. The van der Waals surface area contributed by atoms with E-state index in [0.29, 0.717) is 5.02 Å². The molecule has 2 aromatic rings. The molecule has 2 aromatic heterocycles. The van der Waals surface area contributed by atoms with Crippen LogP contribution < -0.4 is 5.73 Å². The third-order valence-corrected chi connectivity index (χ3v) is 3.02. The summed E-state index contributed by atoms with van der Waals surface area (Å²) in [4.78, 5) is 3.95. The molecule has 0 aromatic carbocycles. The van der Waals surface area contributed by atoms with Crippen molar-refractivity contribution in [2.24, 2.45) is 5.73 Å². The molecule has 3 nitrogen and oxygen atoms in total. The molecule has 0 aliphatic rings. The van der Waals surface area contributed by atoms with E-state index in [0.717, 1.165) is 30.6 Å². The van der Waals surface area contributed by atoms with E-state index in [1.165, 1.54) is 0 Å². The van der Waals surface area contributed by atoms with Gasteiger partial charge in [-0.05, 0) is 36.6 Å². The Bertz CT molecular complexity index is 456. The van der Waals surface area contributed by atoms with Crippen LogP contribution in [0.4, 0.5) is 0 Å². The van der Waals surface area contributed by atoms with Gasteiger partial charge in [-0.1, -0.05) is 11.6 Å². The molecule has 0 radical (unpaired) electrons. The van der Waals surface area contributed by atoms with E-state index in [9.17, 15) is 0 Å². The minimum Gasteiger partial charge on any atom is -0.469 e. The fourth-order valence-electron chi connectivity index (χ4n) is 1.74. The van der Waals surface area contributed by atoms with Gasteiger partial charge in [0.25, 0.3) is 0 Å². The first-order valence-electron chi connectivity index (χ1n) is 5.62. The SMILES string of the molecule is NC(CCc1ccco1)Cc1ccncc1Cl. The summed E-state index contributed by atoms with van der Waals surface area (Å²) in [6, 6.07) is 5.85. The Morgan fingerprint density at radius 3 is 3.00 bits per heavy atom. The Balaban J connectivity index is 1.85. The van der Waals surface area contributed by atoms with E-state index in [-0.39, 0.29) is 6.04 Å². The monoisotopic (exact) mass is 250 g/mol. The third-order valence-electron chi connectivity index (χ3n) is 2.68. The number of furan rings is 1. The molecule has 90 valence electrons. The zero-order valence-electron chi connectivity index (χ0n) is 9.47. The molecule has 2 heterocycles. The first-order chi connectivity index (χ1) is 8.25. The molecule has 0 aliphatic carbocycles. The van der Waals surface area contributed by atoms with Gasteiger partial charge in [-0.25, -0.2) is 0 Å². The smallest absolute Gasteiger partial charge is 0.103 e. The fourth-order valence-corrected chi connectivity index (χ4v) is 1.93. The highest BCUT2D eigenvalue weighted by atomic mass is 35.5. The second-order valence-corrected chi connectivity index (χ2v) is 4.46. The zero-order chi connectivity index (χ0) is 12.1. The van der Waals surface area contributed by atoms with Crippen molar-refractivity contribution in [3.63, 3.8) is 0 Å². The number of hydrogen-bond donors (Lipinski definition) is 1. The van der Waals surface area contributed by atoms with Crippen molar-refractivity contribution >= 4 is 11.6 Å². The highest BCUT2D eigenvalue weighted by Gasteiger charge is 2.08. The lowest BCUT2D eigenvalue weighted by atomic mass is 10.0. The minimum atomic E-state index is 0.0833. The van der Waals surface area contributed by atoms with Crippen molar-refractivity contribution in [2.75, 3.05) is 0 Å². The van der Waals surface area contributed by atoms with Crippen LogP contribution in [0, 0.1) is 0 Å². The van der Waals surface area contributed by atoms with Crippen molar-refractivity contribution in [2.45, 2.75) is 25.3 Å². The Labute approximate surface area is 106 Å². The van der Waals surface area contributed by atoms with Gasteiger partial charge >= 0.3 is 0 Å². The predicted molar refractivity (Wildman–Crippen MR) is 68.0 cm³/mol. The topological polar surface area (TPSA) is 52.0 Å². The Hall–Kier alpha value is -1.32. The van der Waals surface area contributed by atoms with Crippen LogP contribution in [-0.2, 0) is 12.8 Å². The Kier molecular flexibility index (Phi) is 4.18. The summed E-state index contributed by atoms with van der Waals surface area (Å²) < 4.78 is 5.27. The van der Waals surface area contributed by atoms with Crippen molar-refractivity contribution in [3.8, 4) is 0 Å². The normalized spacial score (nSPS) is 12.6. The maximum atomic E-state index is 6.07. The van der Waals surface area contributed by atoms with Crippen LogP contribution in [0.5, 0.6) is 0 Å². The van der Waals surface area contributed by atoms with Gasteiger partial charge in [0.15, 0.2) is 0 Å². The molecule has 0 spiro atoms. The fraction of sp³-hybridized carbons (Fsp3) is 0.308. The van der Waals surface area contributed by atoms with E-state index >= 15 is 0 Å². The van der Waals surface area contributed by atoms with Gasteiger partial charge in [-0.2, -0.15) is 0 Å². The van der Waals surface area contributed by atoms with Gasteiger partial charge < -0.3 is 10.2 Å². The average molecular weight is 251 g/mol. The van der Waals surface area contributed by atoms with Crippen molar-refractivity contribution < 1.29 is 4.42 Å². The number of aryl methyl sites for hydroxylation is 1. The number of nitrogens with zero attached hydrogens (tertiary/aromatic N) is 1. The average Bonchev–Trinajstić information content (AvgIpc) is 2.82. The van der Waals surface area contributed by atoms with Crippen LogP contribution >= 0.6 is 11.6 Å². The van der Waals surface area contributed by atoms with E-state index < -0.39 is 0 Å². The number of nitrogens with two attached hydrogens (primary N) is 1. The Morgan fingerprint density at radius 2 is 2.29 bits per heavy atom. The van der Waals surface area contributed by atoms with Gasteiger partial charge in [-0.15, -0.1) is 0 Å². The molecule has 0 fully saturated rings. The molecular formula is C13H15ClN2O. The van der Waals surface area contributed by atoms with Crippen LogP contribution in [0.3, 0.4) is 0 Å². The lowest BCUT2D eigenvalue weighted by molar-refractivity contribution is 0.484. The van der Waals surface area contributed by atoms with Gasteiger partial charge in [-0.3, -0.25) is 4.98 Å². The molecule has 0 saturated heterocycles. The highest BCUT2D eigenvalue weighted by Crippen LogP contribution is 2.16. The van der Waals surface area contributed by atoms with E-state index in [1.807, 2.05) is 18.2 Å². The lowest BCUT2D eigenvalue weighted by Crippen LogP contribution is -2.23. The van der Waals surface area contributed by atoms with Crippen LogP contribution in [0.15, 0.2) is 41.3 Å². The summed E-state index contributed by atoms with van der Waals surface area (Å²) in [5.41, 5.74) is 7.12. The van der Waals surface area contributed by atoms with Crippen LogP contribution in [0.1, 0.15) is 17.7 Å². The molecule has 1 atom stereocenters. The van der Waals surface area contributed by atoms with Gasteiger partial charge in [0.1, 0.15) is 5.76 Å². The molecule has 2 rings (SSSR count). The van der Waals surface area contributed by atoms with Crippen LogP contribution in [0.25, 0.3) is 0 Å². The summed E-state index contributed by atoms with van der Waals surface area (Å²) in [5.74, 6) is 0.973. The number of pyridine rings is 1. The highest BCUT2D eigenvalue weighted by molar-refractivity contribution is 6.31. The van der Waals surface area contributed by atoms with Crippen LogP contribution in [-0.4, -0.2) is 11.0 Å². The first kappa shape index (κ1) is 12.1.